The molecule has 12 heteroatoms. The molecular weight excluding hydrogens is 555 g/mol. The number of carboxylic acids is 1. The molecule has 1 N–H and O–H groups in total. The fourth-order valence-electron chi connectivity index (χ4n) is 5.19. The number of halogens is 3. The van der Waals surface area contributed by atoms with E-state index >= 15 is 0 Å². The molecule has 2 aromatic heterocycles. The first-order chi connectivity index (χ1) is 20.2. The molecule has 1 unspecified atom stereocenters. The number of carbonyl (C=O) groups is 1. The molecule has 2 fully saturated rings. The van der Waals surface area contributed by atoms with Gasteiger partial charge in [-0.25, -0.2) is 15.0 Å². The largest absolute Gasteiger partial charge is 0.497 e. The molecule has 0 amide bonds. The summed E-state index contributed by atoms with van der Waals surface area (Å²) >= 11 is 0. The highest BCUT2D eigenvalue weighted by Gasteiger charge is 2.34. The summed E-state index contributed by atoms with van der Waals surface area (Å²) < 4.78 is 60.0. The van der Waals surface area contributed by atoms with E-state index in [1.165, 1.54) is 12.4 Å². The molecule has 0 spiro atoms. The second kappa shape index (κ2) is 12.8. The molecule has 5 rings (SSSR count). The second-order valence-electron chi connectivity index (χ2n) is 10.6. The van der Waals surface area contributed by atoms with Crippen LogP contribution in [0.4, 0.5) is 13.2 Å². The Morgan fingerprint density at radius 3 is 2.26 bits per heavy atom. The average molecular weight is 588 g/mol. The van der Waals surface area contributed by atoms with Gasteiger partial charge in [-0.1, -0.05) is 0 Å². The van der Waals surface area contributed by atoms with Gasteiger partial charge in [0.25, 0.3) is 0 Å². The van der Waals surface area contributed by atoms with Crippen molar-refractivity contribution in [1.29, 1.82) is 0 Å². The molecule has 2 saturated carbocycles. The van der Waals surface area contributed by atoms with E-state index in [9.17, 15) is 23.1 Å². The number of nitrogens with zero attached hydrogens (tertiary/aromatic N) is 3. The maximum Gasteiger partial charge on any atom is 0.422 e. The molecular formula is C30H32F3N3O6. The molecule has 1 aromatic carbocycles. The van der Waals surface area contributed by atoms with Crippen molar-refractivity contribution >= 4 is 5.97 Å². The Balaban J connectivity index is 1.20. The number of rotatable bonds is 12. The SMILES string of the molecule is COc1ccc(-c2ncc(OCC(F)(F)F)cn2)c(O[C@H]2CC[C@H](Oc3cc(C(CC(=O)O)C4CC4)ccn3)CC2)c1. The van der Waals surface area contributed by atoms with Crippen LogP contribution in [0.2, 0.25) is 0 Å². The number of hydrogen-bond acceptors (Lipinski definition) is 8. The van der Waals surface area contributed by atoms with Crippen LogP contribution < -0.4 is 18.9 Å². The van der Waals surface area contributed by atoms with Gasteiger partial charge < -0.3 is 24.1 Å². The molecule has 3 aromatic rings. The Labute approximate surface area is 241 Å². The summed E-state index contributed by atoms with van der Waals surface area (Å²) in [5.74, 6) is 1.34. The van der Waals surface area contributed by atoms with Gasteiger partial charge in [-0.3, -0.25) is 4.79 Å². The monoisotopic (exact) mass is 587 g/mol. The summed E-state index contributed by atoms with van der Waals surface area (Å²) in [6.07, 6.45) is 4.55. The van der Waals surface area contributed by atoms with Crippen LogP contribution in [0.1, 0.15) is 56.4 Å². The van der Waals surface area contributed by atoms with Crippen LogP contribution in [0.25, 0.3) is 11.4 Å². The van der Waals surface area contributed by atoms with E-state index in [1.54, 1.807) is 31.5 Å². The number of ether oxygens (including phenoxy) is 4. The topological polar surface area (TPSA) is 113 Å². The van der Waals surface area contributed by atoms with E-state index in [4.69, 9.17) is 18.9 Å². The molecule has 0 radical (unpaired) electrons. The number of pyridine rings is 1. The summed E-state index contributed by atoms with van der Waals surface area (Å²) in [5.41, 5.74) is 1.53. The predicted molar refractivity (Wildman–Crippen MR) is 145 cm³/mol. The van der Waals surface area contributed by atoms with Gasteiger partial charge in [-0.2, -0.15) is 13.2 Å². The van der Waals surface area contributed by atoms with Crippen molar-refractivity contribution < 1.29 is 42.0 Å². The standard InChI is InChI=1S/C30H32F3N3O6/c1-39-22-8-9-24(29-35-15-23(16-36-29)40-17-30(31,32)33)26(13-22)41-20-4-6-21(7-5-20)42-27-12-19(10-11-34-27)25(14-28(37)38)18-2-3-18/h8-13,15-16,18,20-21,25H,2-7,14,17H2,1H3,(H,37,38)/t20-,21-,25?. The van der Waals surface area contributed by atoms with Gasteiger partial charge in [0.15, 0.2) is 18.2 Å². The number of aromatic nitrogens is 3. The molecule has 1 atom stereocenters. The number of methoxy groups -OCH3 is 1. The van der Waals surface area contributed by atoms with E-state index in [1.807, 2.05) is 12.1 Å². The highest BCUT2D eigenvalue weighted by molar-refractivity contribution is 5.68. The lowest BCUT2D eigenvalue weighted by atomic mass is 9.91. The van der Waals surface area contributed by atoms with Crippen LogP contribution in [-0.4, -0.2) is 58.1 Å². The summed E-state index contributed by atoms with van der Waals surface area (Å²) in [6, 6.07) is 8.96. The molecule has 224 valence electrons. The van der Waals surface area contributed by atoms with Gasteiger partial charge in [0, 0.05) is 18.3 Å². The van der Waals surface area contributed by atoms with E-state index in [2.05, 4.69) is 15.0 Å². The van der Waals surface area contributed by atoms with E-state index < -0.39 is 18.8 Å². The first kappa shape index (κ1) is 29.4. The molecule has 0 saturated heterocycles. The Morgan fingerprint density at radius 1 is 0.952 bits per heavy atom. The average Bonchev–Trinajstić information content (AvgIpc) is 3.81. The summed E-state index contributed by atoms with van der Waals surface area (Å²) in [5, 5.41) is 9.34. The fraction of sp³-hybridized carbons (Fsp3) is 0.467. The number of aliphatic carboxylic acids is 1. The Kier molecular flexibility index (Phi) is 8.98. The van der Waals surface area contributed by atoms with Crippen LogP contribution in [0.5, 0.6) is 23.1 Å². The Hall–Kier alpha value is -4.09. The van der Waals surface area contributed by atoms with Crippen LogP contribution in [-0.2, 0) is 4.79 Å². The van der Waals surface area contributed by atoms with E-state index in [-0.39, 0.29) is 36.1 Å². The van der Waals surface area contributed by atoms with Crippen LogP contribution in [0.3, 0.4) is 0 Å². The number of benzene rings is 1. The lowest BCUT2D eigenvalue weighted by Gasteiger charge is -2.30. The van der Waals surface area contributed by atoms with Gasteiger partial charge in [-0.05, 0) is 74.1 Å². The van der Waals surface area contributed by atoms with Crippen molar-refractivity contribution in [3.63, 3.8) is 0 Å². The summed E-state index contributed by atoms with van der Waals surface area (Å²) in [6.45, 7) is -1.42. The quantitative estimate of drug-likeness (QED) is 0.264. The zero-order valence-corrected chi connectivity index (χ0v) is 23.0. The number of carboxylic acid groups (broad SMARTS) is 1. The normalized spacial score (nSPS) is 19.5. The van der Waals surface area contributed by atoms with Gasteiger partial charge in [-0.15, -0.1) is 0 Å². The number of alkyl halides is 3. The maximum absolute atomic E-state index is 12.5. The molecule has 2 heterocycles. The molecule has 0 bridgehead atoms. The highest BCUT2D eigenvalue weighted by Crippen LogP contribution is 2.45. The highest BCUT2D eigenvalue weighted by atomic mass is 19.4. The zero-order chi connectivity index (χ0) is 29.7. The second-order valence-corrected chi connectivity index (χ2v) is 10.6. The molecule has 0 aliphatic heterocycles. The molecule has 2 aliphatic rings. The lowest BCUT2D eigenvalue weighted by molar-refractivity contribution is -0.153. The Bertz CT molecular complexity index is 1360. The van der Waals surface area contributed by atoms with Gasteiger partial charge in [0.1, 0.15) is 17.6 Å². The maximum atomic E-state index is 12.5. The van der Waals surface area contributed by atoms with Crippen molar-refractivity contribution in [2.75, 3.05) is 13.7 Å². The van der Waals surface area contributed by atoms with Crippen molar-refractivity contribution in [3.8, 4) is 34.5 Å². The molecule has 9 nitrogen and oxygen atoms in total. The molecule has 2 aliphatic carbocycles. The zero-order valence-electron chi connectivity index (χ0n) is 23.0. The summed E-state index contributed by atoms with van der Waals surface area (Å²) in [7, 11) is 1.54. The van der Waals surface area contributed by atoms with Crippen molar-refractivity contribution in [1.82, 2.24) is 15.0 Å². The fourth-order valence-corrected chi connectivity index (χ4v) is 5.19. The third-order valence-corrected chi connectivity index (χ3v) is 7.44. The van der Waals surface area contributed by atoms with Gasteiger partial charge >= 0.3 is 12.1 Å². The Morgan fingerprint density at radius 2 is 1.64 bits per heavy atom. The van der Waals surface area contributed by atoms with Crippen molar-refractivity contribution in [2.24, 2.45) is 5.92 Å². The van der Waals surface area contributed by atoms with Crippen molar-refractivity contribution in [3.05, 3.63) is 54.5 Å². The van der Waals surface area contributed by atoms with Crippen molar-refractivity contribution in [2.45, 2.75) is 69.2 Å². The predicted octanol–water partition coefficient (Wildman–Crippen LogP) is 6.23. The van der Waals surface area contributed by atoms with Crippen LogP contribution in [0.15, 0.2) is 48.9 Å². The summed E-state index contributed by atoms with van der Waals surface area (Å²) in [4.78, 5) is 24.1. The van der Waals surface area contributed by atoms with E-state index in [0.717, 1.165) is 44.1 Å². The van der Waals surface area contributed by atoms with Gasteiger partial charge in [0.05, 0.1) is 37.6 Å². The smallest absolute Gasteiger partial charge is 0.422 e. The first-order valence-electron chi connectivity index (χ1n) is 13.9. The minimum absolute atomic E-state index is 0.0263. The molecule has 42 heavy (non-hydrogen) atoms. The van der Waals surface area contributed by atoms with Gasteiger partial charge in [0.2, 0.25) is 5.88 Å². The lowest BCUT2D eigenvalue weighted by Crippen LogP contribution is -2.30. The third kappa shape index (κ3) is 8.01. The number of hydrogen-bond donors (Lipinski definition) is 1. The minimum Gasteiger partial charge on any atom is -0.497 e. The van der Waals surface area contributed by atoms with Crippen LogP contribution in [0, 0.1) is 5.92 Å². The minimum atomic E-state index is -4.46. The third-order valence-electron chi connectivity index (χ3n) is 7.44. The van der Waals surface area contributed by atoms with E-state index in [0.29, 0.717) is 28.9 Å². The van der Waals surface area contributed by atoms with Crippen LogP contribution >= 0.6 is 0 Å². The first-order valence-corrected chi connectivity index (χ1v) is 13.9.